The van der Waals surface area contributed by atoms with Gasteiger partial charge in [0.05, 0.1) is 5.75 Å². The average Bonchev–Trinajstić information content (AvgIpc) is 2.07. The maximum absolute atomic E-state index is 10.7. The zero-order valence-electron chi connectivity index (χ0n) is 9.57. The Kier molecular flexibility index (Phi) is 4.55. The highest BCUT2D eigenvalue weighted by molar-refractivity contribution is 7.89. The van der Waals surface area contributed by atoms with E-state index >= 15 is 0 Å². The summed E-state index contributed by atoms with van der Waals surface area (Å²) in [5, 5.41) is 8.23. The summed E-state index contributed by atoms with van der Waals surface area (Å²) in [6.45, 7) is 4.98. The summed E-state index contributed by atoms with van der Waals surface area (Å²) in [6.07, 6.45) is 3.61. The van der Waals surface area contributed by atoms with Gasteiger partial charge >= 0.3 is 0 Å². The quantitative estimate of drug-likeness (QED) is 0.751. The molecule has 0 amide bonds. The zero-order valence-corrected chi connectivity index (χ0v) is 10.4. The van der Waals surface area contributed by atoms with Gasteiger partial charge < -0.3 is 5.32 Å². The lowest BCUT2D eigenvalue weighted by Crippen LogP contribution is -2.41. The SMILES string of the molecule is CC1CCC(NCCS(N)(=O)=O)C(C)C1. The summed E-state index contributed by atoms with van der Waals surface area (Å²) in [5.74, 6) is 1.47. The highest BCUT2D eigenvalue weighted by Gasteiger charge is 2.24. The highest BCUT2D eigenvalue weighted by Crippen LogP contribution is 2.28. The minimum absolute atomic E-state index is 0.0335. The van der Waals surface area contributed by atoms with Crippen LogP contribution < -0.4 is 10.5 Å². The van der Waals surface area contributed by atoms with Gasteiger partial charge in [-0.1, -0.05) is 13.8 Å². The Morgan fingerprint density at radius 1 is 1.33 bits per heavy atom. The topological polar surface area (TPSA) is 72.2 Å². The molecule has 15 heavy (non-hydrogen) atoms. The molecule has 1 saturated carbocycles. The van der Waals surface area contributed by atoms with Crippen LogP contribution in [0, 0.1) is 11.8 Å². The summed E-state index contributed by atoms with van der Waals surface area (Å²) < 4.78 is 21.5. The fourth-order valence-electron chi connectivity index (χ4n) is 2.36. The molecule has 4 nitrogen and oxygen atoms in total. The molecule has 0 heterocycles. The number of hydrogen-bond donors (Lipinski definition) is 2. The highest BCUT2D eigenvalue weighted by atomic mass is 32.2. The Bertz CT molecular complexity index is 290. The average molecular weight is 234 g/mol. The maximum atomic E-state index is 10.7. The van der Waals surface area contributed by atoms with Crippen LogP contribution in [-0.4, -0.2) is 26.8 Å². The van der Waals surface area contributed by atoms with Gasteiger partial charge in [0.1, 0.15) is 0 Å². The molecule has 0 radical (unpaired) electrons. The van der Waals surface area contributed by atoms with Crippen LogP contribution in [0.25, 0.3) is 0 Å². The second-order valence-corrected chi connectivity index (χ2v) is 6.56. The maximum Gasteiger partial charge on any atom is 0.210 e. The molecule has 0 aromatic carbocycles. The first-order chi connectivity index (χ1) is 6.88. The van der Waals surface area contributed by atoms with E-state index in [1.165, 1.54) is 12.8 Å². The largest absolute Gasteiger partial charge is 0.313 e. The van der Waals surface area contributed by atoms with Gasteiger partial charge in [0.15, 0.2) is 0 Å². The molecular formula is C10H22N2O2S. The molecule has 3 N–H and O–H groups in total. The van der Waals surface area contributed by atoms with E-state index in [-0.39, 0.29) is 5.75 Å². The first-order valence-electron chi connectivity index (χ1n) is 5.62. The van der Waals surface area contributed by atoms with Crippen LogP contribution in [0.1, 0.15) is 33.1 Å². The van der Waals surface area contributed by atoms with E-state index in [1.54, 1.807) is 0 Å². The molecule has 0 aromatic rings. The van der Waals surface area contributed by atoms with E-state index in [9.17, 15) is 8.42 Å². The van der Waals surface area contributed by atoms with Crippen molar-refractivity contribution >= 4 is 10.0 Å². The Labute approximate surface area is 92.7 Å². The van der Waals surface area contributed by atoms with Crippen molar-refractivity contribution < 1.29 is 8.42 Å². The van der Waals surface area contributed by atoms with Gasteiger partial charge in [-0.15, -0.1) is 0 Å². The second-order valence-electron chi connectivity index (χ2n) is 4.82. The minimum Gasteiger partial charge on any atom is -0.313 e. The fraction of sp³-hybridized carbons (Fsp3) is 1.00. The van der Waals surface area contributed by atoms with Gasteiger partial charge in [-0.05, 0) is 31.1 Å². The molecule has 1 aliphatic carbocycles. The van der Waals surface area contributed by atoms with E-state index in [2.05, 4.69) is 19.2 Å². The van der Waals surface area contributed by atoms with Crippen molar-refractivity contribution in [2.24, 2.45) is 17.0 Å². The summed E-state index contributed by atoms with van der Waals surface area (Å²) in [7, 11) is -3.32. The molecule has 3 unspecified atom stereocenters. The Hall–Kier alpha value is -0.130. The molecule has 1 rings (SSSR count). The predicted molar refractivity (Wildman–Crippen MR) is 61.9 cm³/mol. The number of nitrogens with two attached hydrogens (primary N) is 1. The lowest BCUT2D eigenvalue weighted by Gasteiger charge is -2.33. The van der Waals surface area contributed by atoms with Crippen LogP contribution in [0.5, 0.6) is 0 Å². The van der Waals surface area contributed by atoms with Crippen LogP contribution in [0.3, 0.4) is 0 Å². The van der Waals surface area contributed by atoms with Gasteiger partial charge in [0, 0.05) is 12.6 Å². The molecule has 1 aliphatic rings. The minimum atomic E-state index is -3.32. The normalized spacial score (nSPS) is 32.9. The number of rotatable bonds is 4. The van der Waals surface area contributed by atoms with E-state index < -0.39 is 10.0 Å². The first-order valence-corrected chi connectivity index (χ1v) is 7.34. The van der Waals surface area contributed by atoms with Gasteiger partial charge in [-0.25, -0.2) is 13.6 Å². The van der Waals surface area contributed by atoms with Crippen molar-refractivity contribution in [1.29, 1.82) is 0 Å². The smallest absolute Gasteiger partial charge is 0.210 e. The third-order valence-electron chi connectivity index (χ3n) is 3.22. The predicted octanol–water partition coefficient (Wildman–Crippen LogP) is 0.689. The molecule has 0 aromatic heterocycles. The van der Waals surface area contributed by atoms with Crippen LogP contribution in [0.15, 0.2) is 0 Å². The third kappa shape index (κ3) is 4.95. The fourth-order valence-corrected chi connectivity index (χ4v) is 2.76. The van der Waals surface area contributed by atoms with E-state index in [1.807, 2.05) is 0 Å². The first kappa shape index (κ1) is 12.9. The molecule has 0 spiro atoms. The van der Waals surface area contributed by atoms with Crippen molar-refractivity contribution in [3.8, 4) is 0 Å². The standard InChI is InChI=1S/C10H22N2O2S/c1-8-3-4-10(9(2)7-8)12-5-6-15(11,13)14/h8-10,12H,3-7H2,1-2H3,(H2,11,13,14). The van der Waals surface area contributed by atoms with Crippen molar-refractivity contribution in [3.63, 3.8) is 0 Å². The van der Waals surface area contributed by atoms with Gasteiger partial charge in [0.2, 0.25) is 10.0 Å². The van der Waals surface area contributed by atoms with E-state index in [0.717, 1.165) is 12.3 Å². The lowest BCUT2D eigenvalue weighted by atomic mass is 9.80. The number of hydrogen-bond acceptors (Lipinski definition) is 3. The summed E-state index contributed by atoms with van der Waals surface area (Å²) >= 11 is 0. The van der Waals surface area contributed by atoms with Crippen molar-refractivity contribution in [3.05, 3.63) is 0 Å². The zero-order chi connectivity index (χ0) is 11.5. The molecule has 90 valence electrons. The molecule has 0 aliphatic heterocycles. The number of nitrogens with one attached hydrogen (secondary N) is 1. The van der Waals surface area contributed by atoms with Crippen LogP contribution in [-0.2, 0) is 10.0 Å². The lowest BCUT2D eigenvalue weighted by molar-refractivity contribution is 0.231. The van der Waals surface area contributed by atoms with Crippen molar-refractivity contribution in [2.75, 3.05) is 12.3 Å². The van der Waals surface area contributed by atoms with Gasteiger partial charge in [0.25, 0.3) is 0 Å². The summed E-state index contributed by atoms with van der Waals surface area (Å²) in [5.41, 5.74) is 0. The Balaban J connectivity index is 2.27. The monoisotopic (exact) mass is 234 g/mol. The number of primary sulfonamides is 1. The molecular weight excluding hydrogens is 212 g/mol. The summed E-state index contributed by atoms with van der Waals surface area (Å²) in [6, 6.07) is 0.461. The van der Waals surface area contributed by atoms with Crippen LogP contribution in [0.2, 0.25) is 0 Å². The second kappa shape index (κ2) is 5.27. The number of sulfonamides is 1. The van der Waals surface area contributed by atoms with E-state index in [4.69, 9.17) is 5.14 Å². The molecule has 3 atom stereocenters. The Morgan fingerprint density at radius 3 is 2.53 bits per heavy atom. The third-order valence-corrected chi connectivity index (χ3v) is 4.00. The molecule has 1 fully saturated rings. The van der Waals surface area contributed by atoms with Gasteiger partial charge in [-0.2, -0.15) is 0 Å². The molecule has 5 heteroatoms. The van der Waals surface area contributed by atoms with Crippen LogP contribution >= 0.6 is 0 Å². The summed E-state index contributed by atoms with van der Waals surface area (Å²) in [4.78, 5) is 0. The van der Waals surface area contributed by atoms with Crippen LogP contribution in [0.4, 0.5) is 0 Å². The van der Waals surface area contributed by atoms with Gasteiger partial charge in [-0.3, -0.25) is 0 Å². The van der Waals surface area contributed by atoms with Crippen molar-refractivity contribution in [1.82, 2.24) is 5.32 Å². The van der Waals surface area contributed by atoms with E-state index in [0.29, 0.717) is 18.5 Å². The van der Waals surface area contributed by atoms with Crippen molar-refractivity contribution in [2.45, 2.75) is 39.2 Å². The molecule has 0 saturated heterocycles. The molecule has 0 bridgehead atoms. The Morgan fingerprint density at radius 2 is 2.00 bits per heavy atom.